The van der Waals surface area contributed by atoms with Gasteiger partial charge in [-0.25, -0.2) is 0 Å². The Labute approximate surface area is 174 Å². The van der Waals surface area contributed by atoms with Crippen molar-refractivity contribution >= 4 is 34.8 Å². The maximum absolute atomic E-state index is 12.2. The zero-order valence-corrected chi connectivity index (χ0v) is 16.9. The molecule has 5 nitrogen and oxygen atoms in total. The Morgan fingerprint density at radius 1 is 0.893 bits per heavy atom. The number of benzene rings is 2. The number of halogens is 2. The van der Waals surface area contributed by atoms with E-state index < -0.39 is 0 Å². The highest BCUT2D eigenvalue weighted by Gasteiger charge is 2.68. The van der Waals surface area contributed by atoms with Gasteiger partial charge in [-0.15, -0.1) is 0 Å². The molecule has 2 aromatic rings. The quantitative estimate of drug-likeness (QED) is 0.539. The van der Waals surface area contributed by atoms with E-state index in [4.69, 9.17) is 27.9 Å². The monoisotopic (exact) mass is 419 g/mol. The summed E-state index contributed by atoms with van der Waals surface area (Å²) in [6.45, 7) is 1.75. The molecule has 2 bridgehead atoms. The normalized spacial score (nSPS) is 24.6. The van der Waals surface area contributed by atoms with E-state index >= 15 is 0 Å². The lowest BCUT2D eigenvalue weighted by Gasteiger charge is -2.70. The molecule has 0 saturated heterocycles. The molecule has 3 fully saturated rings. The van der Waals surface area contributed by atoms with E-state index in [2.05, 4.69) is 16.0 Å². The Morgan fingerprint density at radius 3 is 2.14 bits per heavy atom. The molecule has 0 radical (unpaired) electrons. The number of amides is 1. The van der Waals surface area contributed by atoms with Gasteiger partial charge in [0.25, 0.3) is 5.91 Å². The first-order valence-electron chi connectivity index (χ1n) is 9.40. The van der Waals surface area contributed by atoms with Crippen molar-refractivity contribution in [3.63, 3.8) is 0 Å². The maximum atomic E-state index is 12.2. The van der Waals surface area contributed by atoms with Gasteiger partial charge in [-0.3, -0.25) is 4.79 Å². The molecule has 3 N–H and O–H groups in total. The maximum Gasteiger partial charge on any atom is 0.258 e. The van der Waals surface area contributed by atoms with Crippen molar-refractivity contribution in [3.8, 4) is 5.75 Å². The zero-order valence-electron chi connectivity index (χ0n) is 15.4. The van der Waals surface area contributed by atoms with E-state index in [1.807, 2.05) is 24.3 Å². The van der Waals surface area contributed by atoms with Gasteiger partial charge in [-0.05, 0) is 67.8 Å². The molecule has 3 aliphatic carbocycles. The predicted octanol–water partition coefficient (Wildman–Crippen LogP) is 3.87. The minimum Gasteiger partial charge on any atom is -0.484 e. The molecule has 7 heteroatoms. The largest absolute Gasteiger partial charge is 0.484 e. The van der Waals surface area contributed by atoms with Gasteiger partial charge in [0.1, 0.15) is 5.75 Å². The van der Waals surface area contributed by atoms with Gasteiger partial charge in [0.2, 0.25) is 0 Å². The summed E-state index contributed by atoms with van der Waals surface area (Å²) in [5.41, 5.74) is 1.21. The van der Waals surface area contributed by atoms with Gasteiger partial charge in [-0.2, -0.15) is 0 Å². The second-order valence-corrected chi connectivity index (χ2v) is 8.62. The second kappa shape index (κ2) is 7.82. The minimum atomic E-state index is -0.0762. The van der Waals surface area contributed by atoms with E-state index in [1.54, 1.807) is 24.3 Å². The van der Waals surface area contributed by atoms with Crippen molar-refractivity contribution in [2.24, 2.45) is 0 Å². The number of anilines is 1. The van der Waals surface area contributed by atoms with Crippen molar-refractivity contribution in [3.05, 3.63) is 58.6 Å². The molecule has 28 heavy (non-hydrogen) atoms. The molecule has 148 valence electrons. The van der Waals surface area contributed by atoms with Crippen LogP contribution in [0.5, 0.6) is 5.75 Å². The van der Waals surface area contributed by atoms with Gasteiger partial charge < -0.3 is 20.7 Å². The molecule has 0 aromatic heterocycles. The standard InChI is InChI=1S/C21H23Cl2N3O2/c22-15-1-5-17(6-2-15)24-9-10-25-20-12-21(13-20,14-20)26-19(27)11-28-18-7-3-16(23)4-8-18/h1-8,24-25H,9-14H2,(H,26,27). The number of carbonyl (C=O) groups is 1. The fraction of sp³-hybridized carbons (Fsp3) is 0.381. The second-order valence-electron chi connectivity index (χ2n) is 7.74. The van der Waals surface area contributed by atoms with Gasteiger partial charge in [0.15, 0.2) is 6.61 Å². The van der Waals surface area contributed by atoms with E-state index in [-0.39, 0.29) is 23.6 Å². The summed E-state index contributed by atoms with van der Waals surface area (Å²) < 4.78 is 5.51. The lowest BCUT2D eigenvalue weighted by molar-refractivity contribution is -0.143. The van der Waals surface area contributed by atoms with Crippen LogP contribution in [0, 0.1) is 0 Å². The number of rotatable bonds is 9. The Balaban J connectivity index is 1.12. The molecule has 3 saturated carbocycles. The number of ether oxygens (including phenoxy) is 1. The molecule has 0 atom stereocenters. The van der Waals surface area contributed by atoms with E-state index in [0.29, 0.717) is 10.8 Å². The van der Waals surface area contributed by atoms with Crippen molar-refractivity contribution in [2.45, 2.75) is 30.3 Å². The Kier molecular flexibility index (Phi) is 5.41. The average Bonchev–Trinajstić information content (AvgIpc) is 2.63. The third kappa shape index (κ3) is 4.37. The van der Waals surface area contributed by atoms with E-state index in [1.165, 1.54) is 0 Å². The summed E-state index contributed by atoms with van der Waals surface area (Å²) in [5.74, 6) is 0.566. The molecular weight excluding hydrogens is 397 g/mol. The van der Waals surface area contributed by atoms with Crippen LogP contribution in [-0.4, -0.2) is 36.7 Å². The van der Waals surface area contributed by atoms with Crippen molar-refractivity contribution in [1.82, 2.24) is 10.6 Å². The molecule has 1 amide bonds. The average molecular weight is 420 g/mol. The van der Waals surface area contributed by atoms with Crippen molar-refractivity contribution < 1.29 is 9.53 Å². The smallest absolute Gasteiger partial charge is 0.258 e. The number of hydrogen-bond donors (Lipinski definition) is 3. The van der Waals surface area contributed by atoms with Crippen molar-refractivity contribution in [1.29, 1.82) is 0 Å². The molecule has 5 rings (SSSR count). The molecule has 0 aliphatic heterocycles. The Bertz CT molecular complexity index is 820. The highest BCUT2D eigenvalue weighted by molar-refractivity contribution is 6.30. The molecule has 3 aliphatic rings. The van der Waals surface area contributed by atoms with Gasteiger partial charge in [0, 0.05) is 39.9 Å². The van der Waals surface area contributed by atoms with Crippen LogP contribution in [-0.2, 0) is 4.79 Å². The highest BCUT2D eigenvalue weighted by atomic mass is 35.5. The van der Waals surface area contributed by atoms with E-state index in [0.717, 1.165) is 43.1 Å². The van der Waals surface area contributed by atoms with E-state index in [9.17, 15) is 4.79 Å². The molecule has 0 spiro atoms. The fourth-order valence-corrected chi connectivity index (χ4v) is 4.47. The third-order valence-corrected chi connectivity index (χ3v) is 5.92. The summed E-state index contributed by atoms with van der Waals surface area (Å²) in [6, 6.07) is 14.7. The fourth-order valence-electron chi connectivity index (χ4n) is 4.22. The predicted molar refractivity (Wildman–Crippen MR) is 112 cm³/mol. The lowest BCUT2D eigenvalue weighted by atomic mass is 9.44. The first kappa shape index (κ1) is 19.4. The van der Waals surface area contributed by atoms with Crippen LogP contribution in [0.2, 0.25) is 10.0 Å². The number of nitrogens with one attached hydrogen (secondary N) is 3. The number of carbonyl (C=O) groups excluding carboxylic acids is 1. The summed E-state index contributed by atoms with van der Waals surface area (Å²) in [6.07, 6.45) is 2.94. The van der Waals surface area contributed by atoms with Crippen LogP contribution in [0.4, 0.5) is 5.69 Å². The summed E-state index contributed by atoms with van der Waals surface area (Å²) in [7, 11) is 0. The summed E-state index contributed by atoms with van der Waals surface area (Å²) >= 11 is 11.7. The summed E-state index contributed by atoms with van der Waals surface area (Å²) in [5, 5.41) is 11.5. The molecule has 0 heterocycles. The SMILES string of the molecule is O=C(COc1ccc(Cl)cc1)NC12CC(NCCNc3ccc(Cl)cc3)(C1)C2. The van der Waals surface area contributed by atoms with Crippen molar-refractivity contribution in [2.75, 3.05) is 25.0 Å². The Morgan fingerprint density at radius 2 is 1.50 bits per heavy atom. The molecular formula is C21H23Cl2N3O2. The third-order valence-electron chi connectivity index (χ3n) is 5.42. The van der Waals surface area contributed by atoms with Gasteiger partial charge >= 0.3 is 0 Å². The van der Waals surface area contributed by atoms with Crippen LogP contribution < -0.4 is 20.7 Å². The first-order chi connectivity index (χ1) is 13.5. The molecule has 2 aromatic carbocycles. The summed E-state index contributed by atoms with van der Waals surface area (Å²) in [4.78, 5) is 12.2. The lowest BCUT2D eigenvalue weighted by Crippen LogP contribution is -2.83. The van der Waals surface area contributed by atoms with Crippen LogP contribution in [0.15, 0.2) is 48.5 Å². The zero-order chi connectivity index (χ0) is 19.6. The minimum absolute atomic E-state index is 0.0226. The number of hydrogen-bond acceptors (Lipinski definition) is 4. The topological polar surface area (TPSA) is 62.4 Å². The van der Waals surface area contributed by atoms with Crippen LogP contribution in [0.3, 0.4) is 0 Å². The highest BCUT2D eigenvalue weighted by Crippen LogP contribution is 2.60. The van der Waals surface area contributed by atoms with Crippen LogP contribution >= 0.6 is 23.2 Å². The van der Waals surface area contributed by atoms with Gasteiger partial charge in [-0.1, -0.05) is 23.2 Å². The Hall–Kier alpha value is -1.95. The van der Waals surface area contributed by atoms with Gasteiger partial charge in [0.05, 0.1) is 0 Å². The molecule has 0 unspecified atom stereocenters. The first-order valence-corrected chi connectivity index (χ1v) is 10.2. The van der Waals surface area contributed by atoms with Crippen LogP contribution in [0.25, 0.3) is 0 Å². The van der Waals surface area contributed by atoms with Crippen LogP contribution in [0.1, 0.15) is 19.3 Å².